The summed E-state index contributed by atoms with van der Waals surface area (Å²) in [6.45, 7) is 0. The van der Waals surface area contributed by atoms with Gasteiger partial charge in [-0.05, 0) is 12.8 Å². The van der Waals surface area contributed by atoms with Crippen molar-refractivity contribution in [3.05, 3.63) is 12.2 Å². The summed E-state index contributed by atoms with van der Waals surface area (Å²) in [5.74, 6) is 0.201. The van der Waals surface area contributed by atoms with Crippen molar-refractivity contribution in [2.75, 3.05) is 0 Å². The first-order valence-corrected chi connectivity index (χ1v) is 3.39. The van der Waals surface area contributed by atoms with E-state index in [0.717, 1.165) is 12.8 Å². The molecule has 0 fully saturated rings. The monoisotopic (exact) mass is 135 g/mol. The molecule has 0 spiro atoms. The molecular formula is C8H9NO. The molecule has 0 N–H and O–H groups in total. The van der Waals surface area contributed by atoms with E-state index in [-0.39, 0.29) is 18.1 Å². The number of hydrogen-bond acceptors (Lipinski definition) is 2. The molecule has 0 unspecified atom stereocenters. The Labute approximate surface area is 60.2 Å². The molecule has 0 bridgehead atoms. The van der Waals surface area contributed by atoms with E-state index in [9.17, 15) is 4.79 Å². The maximum atomic E-state index is 11.0. The summed E-state index contributed by atoms with van der Waals surface area (Å²) in [6.07, 6.45) is 5.74. The number of ketones is 1. The highest BCUT2D eigenvalue weighted by molar-refractivity contribution is 5.83. The lowest BCUT2D eigenvalue weighted by molar-refractivity contribution is -0.121. The molecule has 0 aromatic carbocycles. The molecule has 0 atom stereocenters. The maximum Gasteiger partial charge on any atom is 0.150 e. The number of carbonyl (C=O) groups excluding carboxylic acids is 1. The molecule has 1 aliphatic carbocycles. The van der Waals surface area contributed by atoms with Crippen LogP contribution in [0.2, 0.25) is 0 Å². The van der Waals surface area contributed by atoms with Crippen LogP contribution in [0.4, 0.5) is 0 Å². The van der Waals surface area contributed by atoms with Crippen LogP contribution in [0.15, 0.2) is 12.2 Å². The molecule has 1 aliphatic rings. The lowest BCUT2D eigenvalue weighted by atomic mass is 10.0. The summed E-state index contributed by atoms with van der Waals surface area (Å²) in [5, 5.41) is 8.21. The third-order valence-corrected chi connectivity index (χ3v) is 1.72. The van der Waals surface area contributed by atoms with Crippen LogP contribution in [0.3, 0.4) is 0 Å². The molecular weight excluding hydrogens is 126 g/mol. The number of Topliss-reactive ketones (excluding diaryl/α,β-unsaturated/α-hetero) is 1. The van der Waals surface area contributed by atoms with Crippen molar-refractivity contribution < 1.29 is 4.79 Å². The van der Waals surface area contributed by atoms with Crippen molar-refractivity contribution in [3.63, 3.8) is 0 Å². The highest BCUT2D eigenvalue weighted by Crippen LogP contribution is 2.19. The van der Waals surface area contributed by atoms with Crippen LogP contribution < -0.4 is 0 Å². The van der Waals surface area contributed by atoms with Crippen molar-refractivity contribution in [2.24, 2.45) is 5.92 Å². The third-order valence-electron chi connectivity index (χ3n) is 1.72. The summed E-state index contributed by atoms with van der Waals surface area (Å²) < 4.78 is 0. The molecule has 0 aromatic rings. The van der Waals surface area contributed by atoms with Crippen LogP contribution >= 0.6 is 0 Å². The molecule has 0 amide bonds. The molecule has 0 saturated carbocycles. The van der Waals surface area contributed by atoms with Gasteiger partial charge < -0.3 is 0 Å². The fourth-order valence-electron chi connectivity index (χ4n) is 1.10. The quantitative estimate of drug-likeness (QED) is 0.537. The lowest BCUT2D eigenvalue weighted by Crippen LogP contribution is -2.09. The van der Waals surface area contributed by atoms with Gasteiger partial charge in [-0.15, -0.1) is 0 Å². The average molecular weight is 135 g/mol. The van der Waals surface area contributed by atoms with Gasteiger partial charge in [0.25, 0.3) is 0 Å². The molecule has 0 aromatic heterocycles. The van der Waals surface area contributed by atoms with Crippen molar-refractivity contribution in [1.29, 1.82) is 5.26 Å². The molecule has 2 nitrogen and oxygen atoms in total. The van der Waals surface area contributed by atoms with E-state index in [1.807, 2.05) is 18.2 Å². The summed E-state index contributed by atoms with van der Waals surface area (Å²) in [7, 11) is 0. The molecule has 52 valence electrons. The van der Waals surface area contributed by atoms with Crippen LogP contribution in [0, 0.1) is 17.2 Å². The van der Waals surface area contributed by atoms with Gasteiger partial charge in [0.05, 0.1) is 12.5 Å². The number of nitriles is 1. The maximum absolute atomic E-state index is 11.0. The van der Waals surface area contributed by atoms with Crippen molar-refractivity contribution >= 4 is 5.78 Å². The van der Waals surface area contributed by atoms with Crippen molar-refractivity contribution in [1.82, 2.24) is 0 Å². The fourth-order valence-corrected chi connectivity index (χ4v) is 1.10. The predicted molar refractivity (Wildman–Crippen MR) is 37.1 cm³/mol. The normalized spacial score (nSPS) is 17.1. The van der Waals surface area contributed by atoms with Gasteiger partial charge >= 0.3 is 0 Å². The minimum absolute atomic E-state index is 0.0757. The van der Waals surface area contributed by atoms with Crippen molar-refractivity contribution in [3.8, 4) is 6.07 Å². The molecule has 2 heteroatoms. The van der Waals surface area contributed by atoms with E-state index in [0.29, 0.717) is 0 Å². The summed E-state index contributed by atoms with van der Waals surface area (Å²) in [6, 6.07) is 1.87. The summed E-state index contributed by atoms with van der Waals surface area (Å²) in [4.78, 5) is 11.0. The van der Waals surface area contributed by atoms with Gasteiger partial charge in [0.2, 0.25) is 0 Å². The summed E-state index contributed by atoms with van der Waals surface area (Å²) >= 11 is 0. The van der Waals surface area contributed by atoms with Gasteiger partial charge in [-0.3, -0.25) is 4.79 Å². The Morgan fingerprint density at radius 3 is 2.70 bits per heavy atom. The van der Waals surface area contributed by atoms with Gasteiger partial charge in [-0.1, -0.05) is 12.2 Å². The highest BCUT2D eigenvalue weighted by Gasteiger charge is 2.17. The van der Waals surface area contributed by atoms with E-state index in [2.05, 4.69) is 0 Å². The number of rotatable bonds is 2. The number of hydrogen-bond donors (Lipinski definition) is 0. The third kappa shape index (κ3) is 1.44. The Morgan fingerprint density at radius 1 is 1.60 bits per heavy atom. The molecule has 10 heavy (non-hydrogen) atoms. The summed E-state index contributed by atoms with van der Waals surface area (Å²) in [5.41, 5.74) is 0. The topological polar surface area (TPSA) is 40.9 Å². The Kier molecular flexibility index (Phi) is 2.22. The minimum atomic E-state index is 0.0757. The number of allylic oxidation sites excluding steroid dienone is 2. The zero-order chi connectivity index (χ0) is 7.40. The minimum Gasteiger partial charge on any atom is -0.298 e. The fraction of sp³-hybridized carbons (Fsp3) is 0.500. The lowest BCUT2D eigenvalue weighted by Gasteiger charge is -2.02. The highest BCUT2D eigenvalue weighted by atomic mass is 16.1. The van der Waals surface area contributed by atoms with Crippen LogP contribution in [0.1, 0.15) is 19.3 Å². The molecule has 0 saturated heterocycles. The largest absolute Gasteiger partial charge is 0.298 e. The van der Waals surface area contributed by atoms with Crippen LogP contribution in [-0.2, 0) is 4.79 Å². The first kappa shape index (κ1) is 7.01. The Bertz CT molecular complexity index is 192. The Balaban J connectivity index is 2.37. The van der Waals surface area contributed by atoms with E-state index in [1.165, 1.54) is 0 Å². The van der Waals surface area contributed by atoms with Crippen LogP contribution in [-0.4, -0.2) is 5.78 Å². The molecule has 0 aliphatic heterocycles. The van der Waals surface area contributed by atoms with Crippen LogP contribution in [0.25, 0.3) is 0 Å². The zero-order valence-electron chi connectivity index (χ0n) is 5.71. The molecule has 0 heterocycles. The van der Waals surface area contributed by atoms with Gasteiger partial charge in [-0.25, -0.2) is 0 Å². The first-order chi connectivity index (χ1) is 4.84. The number of nitrogens with zero attached hydrogens (tertiary/aromatic N) is 1. The smallest absolute Gasteiger partial charge is 0.150 e. The standard InChI is InChI=1S/C8H9NO/c9-6-5-8(10)7-3-1-2-4-7/h1-2,7H,3-5H2. The van der Waals surface area contributed by atoms with E-state index in [4.69, 9.17) is 5.26 Å². The van der Waals surface area contributed by atoms with Crippen molar-refractivity contribution in [2.45, 2.75) is 19.3 Å². The molecule has 1 rings (SSSR count). The van der Waals surface area contributed by atoms with Gasteiger partial charge in [0.15, 0.2) is 5.78 Å². The Hall–Kier alpha value is -1.10. The van der Waals surface area contributed by atoms with E-state index >= 15 is 0 Å². The second kappa shape index (κ2) is 3.17. The first-order valence-electron chi connectivity index (χ1n) is 3.39. The predicted octanol–water partition coefficient (Wildman–Crippen LogP) is 1.44. The van der Waals surface area contributed by atoms with Gasteiger partial charge in [0.1, 0.15) is 0 Å². The Morgan fingerprint density at radius 2 is 2.20 bits per heavy atom. The van der Waals surface area contributed by atoms with E-state index in [1.54, 1.807) is 0 Å². The average Bonchev–Trinajstić information content (AvgIpc) is 2.38. The zero-order valence-corrected chi connectivity index (χ0v) is 5.71. The van der Waals surface area contributed by atoms with Gasteiger partial charge in [0, 0.05) is 5.92 Å². The molecule has 0 radical (unpaired) electrons. The SMILES string of the molecule is N#CCC(=O)C1CC=CC1. The second-order valence-electron chi connectivity index (χ2n) is 2.44. The van der Waals surface area contributed by atoms with Gasteiger partial charge in [-0.2, -0.15) is 5.26 Å². The second-order valence-corrected chi connectivity index (χ2v) is 2.44. The van der Waals surface area contributed by atoms with E-state index < -0.39 is 0 Å². The van der Waals surface area contributed by atoms with Crippen LogP contribution in [0.5, 0.6) is 0 Å². The number of carbonyl (C=O) groups is 1.